The van der Waals surface area contributed by atoms with E-state index in [4.69, 9.17) is 0 Å². The zero-order chi connectivity index (χ0) is 15.9. The molecule has 118 valence electrons. The minimum absolute atomic E-state index is 0.0469. The van der Waals surface area contributed by atoms with Gasteiger partial charge in [-0.05, 0) is 11.6 Å². The maximum atomic E-state index is 12.3. The molecule has 1 aliphatic rings. The van der Waals surface area contributed by atoms with Crippen LogP contribution in [0.5, 0.6) is 0 Å². The number of rotatable bonds is 5. The Labute approximate surface area is 129 Å². The second kappa shape index (κ2) is 7.53. The highest BCUT2D eigenvalue weighted by atomic mass is 16.2. The van der Waals surface area contributed by atoms with Crippen LogP contribution in [0.25, 0.3) is 0 Å². The van der Waals surface area contributed by atoms with Crippen LogP contribution in [-0.2, 0) is 20.9 Å². The molecule has 1 fully saturated rings. The van der Waals surface area contributed by atoms with E-state index >= 15 is 0 Å². The van der Waals surface area contributed by atoms with Crippen LogP contribution in [0, 0.1) is 0 Å². The molecule has 0 spiro atoms. The summed E-state index contributed by atoms with van der Waals surface area (Å²) in [6.45, 7) is 3.96. The van der Waals surface area contributed by atoms with E-state index < -0.39 is 0 Å². The number of piperazine rings is 1. The summed E-state index contributed by atoms with van der Waals surface area (Å²) in [5, 5.41) is 0. The van der Waals surface area contributed by atoms with Gasteiger partial charge in [0.1, 0.15) is 6.54 Å². The summed E-state index contributed by atoms with van der Waals surface area (Å²) in [5.74, 6) is -0.242. The van der Waals surface area contributed by atoms with Gasteiger partial charge in [0, 0.05) is 52.0 Å². The lowest BCUT2D eigenvalue weighted by Crippen LogP contribution is -2.51. The second-order valence-electron chi connectivity index (χ2n) is 5.26. The predicted molar refractivity (Wildman–Crippen MR) is 79.5 cm³/mol. The lowest BCUT2D eigenvalue weighted by atomic mass is 10.2. The summed E-state index contributed by atoms with van der Waals surface area (Å²) in [6.07, 6.45) is 4.15. The molecule has 2 heterocycles. The first-order valence-electron chi connectivity index (χ1n) is 7.21. The van der Waals surface area contributed by atoms with Gasteiger partial charge in [-0.25, -0.2) is 0 Å². The van der Waals surface area contributed by atoms with Crippen LogP contribution in [0.15, 0.2) is 24.5 Å². The van der Waals surface area contributed by atoms with Gasteiger partial charge in [0.25, 0.3) is 0 Å². The number of carbonyl (C=O) groups is 3. The Morgan fingerprint density at radius 1 is 1.32 bits per heavy atom. The molecule has 1 aromatic heterocycles. The largest absolute Gasteiger partial charge is 0.342 e. The lowest BCUT2D eigenvalue weighted by Gasteiger charge is -2.34. The first-order valence-corrected chi connectivity index (χ1v) is 7.21. The molecular formula is C15H20N4O3. The molecule has 1 aromatic rings. The van der Waals surface area contributed by atoms with Gasteiger partial charge < -0.3 is 14.7 Å². The van der Waals surface area contributed by atoms with E-state index in [-0.39, 0.29) is 18.4 Å². The van der Waals surface area contributed by atoms with Crippen LogP contribution >= 0.6 is 0 Å². The Morgan fingerprint density at radius 2 is 2.05 bits per heavy atom. The maximum Gasteiger partial charge on any atom is 0.242 e. The molecule has 0 unspecified atom stereocenters. The number of pyridine rings is 1. The van der Waals surface area contributed by atoms with Crippen molar-refractivity contribution in [1.82, 2.24) is 19.7 Å². The van der Waals surface area contributed by atoms with Gasteiger partial charge in [0.05, 0.1) is 0 Å². The quantitative estimate of drug-likeness (QED) is 0.702. The van der Waals surface area contributed by atoms with Gasteiger partial charge >= 0.3 is 0 Å². The van der Waals surface area contributed by atoms with Gasteiger partial charge in [0.15, 0.2) is 0 Å². The molecule has 3 amide bonds. The Bertz CT molecular complexity index is 527. The Morgan fingerprint density at radius 3 is 2.59 bits per heavy atom. The van der Waals surface area contributed by atoms with Crippen LogP contribution < -0.4 is 0 Å². The number of aromatic nitrogens is 1. The third-order valence-corrected chi connectivity index (χ3v) is 3.68. The Kier molecular flexibility index (Phi) is 5.46. The van der Waals surface area contributed by atoms with Crippen molar-refractivity contribution in [3.8, 4) is 0 Å². The zero-order valence-electron chi connectivity index (χ0n) is 12.6. The summed E-state index contributed by atoms with van der Waals surface area (Å²) in [7, 11) is 0. The molecule has 22 heavy (non-hydrogen) atoms. The summed E-state index contributed by atoms with van der Waals surface area (Å²) >= 11 is 0. The monoisotopic (exact) mass is 304 g/mol. The highest BCUT2D eigenvalue weighted by Gasteiger charge is 2.23. The first kappa shape index (κ1) is 15.9. The smallest absolute Gasteiger partial charge is 0.242 e. The zero-order valence-corrected chi connectivity index (χ0v) is 12.6. The standard InChI is InChI=1S/C15H20N4O3/c1-13(21)19(10-14-3-2-4-16-9-14)11-15(22)18-7-5-17(12-20)6-8-18/h2-4,9,12H,5-8,10-11H2,1H3. The average Bonchev–Trinajstić information content (AvgIpc) is 2.55. The van der Waals surface area contributed by atoms with Gasteiger partial charge in [-0.3, -0.25) is 19.4 Å². The molecule has 0 aliphatic carbocycles. The SMILES string of the molecule is CC(=O)N(CC(=O)N1CCN(C=O)CC1)Cc1cccnc1. The number of carbonyl (C=O) groups excluding carboxylic acids is 3. The van der Waals surface area contributed by atoms with Gasteiger partial charge in [-0.1, -0.05) is 6.07 Å². The van der Waals surface area contributed by atoms with Gasteiger partial charge in [-0.2, -0.15) is 0 Å². The van der Waals surface area contributed by atoms with Crippen LogP contribution in [-0.4, -0.2) is 70.6 Å². The topological polar surface area (TPSA) is 73.8 Å². The maximum absolute atomic E-state index is 12.3. The van der Waals surface area contributed by atoms with E-state index in [0.717, 1.165) is 12.0 Å². The molecule has 7 heteroatoms. The molecule has 0 atom stereocenters. The molecule has 0 radical (unpaired) electrons. The molecule has 0 aromatic carbocycles. The average molecular weight is 304 g/mol. The fourth-order valence-electron chi connectivity index (χ4n) is 2.33. The highest BCUT2D eigenvalue weighted by Crippen LogP contribution is 2.06. The predicted octanol–water partition coefficient (Wildman–Crippen LogP) is -0.269. The number of nitrogens with zero attached hydrogens (tertiary/aromatic N) is 4. The van der Waals surface area contributed by atoms with E-state index in [1.165, 1.54) is 11.8 Å². The van der Waals surface area contributed by atoms with Gasteiger partial charge in [-0.15, -0.1) is 0 Å². The third kappa shape index (κ3) is 4.28. The van der Waals surface area contributed by atoms with Crippen molar-refractivity contribution in [2.45, 2.75) is 13.5 Å². The summed E-state index contributed by atoms with van der Waals surface area (Å²) in [6, 6.07) is 3.67. The van der Waals surface area contributed by atoms with E-state index in [9.17, 15) is 14.4 Å². The Balaban J connectivity index is 1.92. The Hall–Kier alpha value is -2.44. The van der Waals surface area contributed by atoms with E-state index in [1.807, 2.05) is 6.07 Å². The fraction of sp³-hybridized carbons (Fsp3) is 0.467. The van der Waals surface area contributed by atoms with Crippen LogP contribution in [0.2, 0.25) is 0 Å². The van der Waals surface area contributed by atoms with Crippen molar-refractivity contribution in [2.24, 2.45) is 0 Å². The second-order valence-corrected chi connectivity index (χ2v) is 5.26. The van der Waals surface area contributed by atoms with Crippen molar-refractivity contribution in [3.63, 3.8) is 0 Å². The van der Waals surface area contributed by atoms with Crippen LogP contribution in [0.4, 0.5) is 0 Å². The van der Waals surface area contributed by atoms with Crippen LogP contribution in [0.1, 0.15) is 12.5 Å². The van der Waals surface area contributed by atoms with E-state index in [0.29, 0.717) is 32.7 Å². The summed E-state index contributed by atoms with van der Waals surface area (Å²) in [5.41, 5.74) is 0.885. The molecule has 2 rings (SSSR count). The minimum atomic E-state index is -0.149. The van der Waals surface area contributed by atoms with Gasteiger partial charge in [0.2, 0.25) is 18.2 Å². The number of hydrogen-bond donors (Lipinski definition) is 0. The van der Waals surface area contributed by atoms with Crippen LogP contribution in [0.3, 0.4) is 0 Å². The highest BCUT2D eigenvalue weighted by molar-refractivity contribution is 5.84. The van der Waals surface area contributed by atoms with E-state index in [2.05, 4.69) is 4.98 Å². The molecule has 0 N–H and O–H groups in total. The summed E-state index contributed by atoms with van der Waals surface area (Å²) < 4.78 is 0. The molecule has 7 nitrogen and oxygen atoms in total. The number of amides is 3. The molecule has 1 saturated heterocycles. The van der Waals surface area contributed by atoms with E-state index in [1.54, 1.807) is 28.3 Å². The molecular weight excluding hydrogens is 284 g/mol. The van der Waals surface area contributed by atoms with Crippen molar-refractivity contribution >= 4 is 18.2 Å². The van der Waals surface area contributed by atoms with Crippen molar-refractivity contribution in [3.05, 3.63) is 30.1 Å². The molecule has 0 saturated carbocycles. The van der Waals surface area contributed by atoms with Crippen molar-refractivity contribution < 1.29 is 14.4 Å². The normalized spacial score (nSPS) is 14.6. The molecule has 1 aliphatic heterocycles. The minimum Gasteiger partial charge on any atom is -0.342 e. The third-order valence-electron chi connectivity index (χ3n) is 3.68. The first-order chi connectivity index (χ1) is 10.6. The fourth-order valence-corrected chi connectivity index (χ4v) is 2.33. The lowest BCUT2D eigenvalue weighted by molar-refractivity contribution is -0.141. The molecule has 0 bridgehead atoms. The summed E-state index contributed by atoms with van der Waals surface area (Å²) in [4.78, 5) is 43.6. The number of hydrogen-bond acceptors (Lipinski definition) is 4. The van der Waals surface area contributed by atoms with Crippen molar-refractivity contribution in [2.75, 3.05) is 32.7 Å². The van der Waals surface area contributed by atoms with Crippen molar-refractivity contribution in [1.29, 1.82) is 0 Å².